The van der Waals surface area contributed by atoms with E-state index in [0.717, 1.165) is 16.0 Å². The van der Waals surface area contributed by atoms with Crippen LogP contribution in [0.3, 0.4) is 0 Å². The standard InChI is InChI=1S/C17H18F2N6O2S/c1-9(2)14-10-6-13(22-7-11(18)19)28-15(10)16(27)25(24-14)8-12(26)23-17-20-4-3-5-21-17/h3-6,9,11,22H,7-8H2,1-2H3,(H,20,21,23,26). The third-order valence-electron chi connectivity index (χ3n) is 3.75. The topological polar surface area (TPSA) is 102 Å². The number of rotatable bonds is 7. The fraction of sp³-hybridized carbons (Fsp3) is 0.353. The van der Waals surface area contributed by atoms with Crippen molar-refractivity contribution < 1.29 is 13.6 Å². The van der Waals surface area contributed by atoms with Crippen LogP contribution in [-0.2, 0) is 11.3 Å². The van der Waals surface area contributed by atoms with Crippen molar-refractivity contribution >= 4 is 38.3 Å². The molecular weight excluding hydrogens is 390 g/mol. The number of carbonyl (C=O) groups is 1. The number of alkyl halides is 2. The molecule has 0 aliphatic heterocycles. The molecule has 2 N–H and O–H groups in total. The van der Waals surface area contributed by atoms with Gasteiger partial charge < -0.3 is 5.32 Å². The van der Waals surface area contributed by atoms with Gasteiger partial charge in [-0.1, -0.05) is 13.8 Å². The highest BCUT2D eigenvalue weighted by Gasteiger charge is 2.18. The van der Waals surface area contributed by atoms with Gasteiger partial charge in [-0.3, -0.25) is 14.9 Å². The summed E-state index contributed by atoms with van der Waals surface area (Å²) in [6.45, 7) is 2.98. The van der Waals surface area contributed by atoms with E-state index in [0.29, 0.717) is 20.8 Å². The lowest BCUT2D eigenvalue weighted by Crippen LogP contribution is -2.30. The van der Waals surface area contributed by atoms with E-state index in [2.05, 4.69) is 25.7 Å². The summed E-state index contributed by atoms with van der Waals surface area (Å²) < 4.78 is 26.4. The van der Waals surface area contributed by atoms with Crippen molar-refractivity contribution in [1.29, 1.82) is 0 Å². The summed E-state index contributed by atoms with van der Waals surface area (Å²) in [5.41, 5.74) is 0.151. The molecule has 3 heterocycles. The Morgan fingerprint density at radius 3 is 2.64 bits per heavy atom. The molecule has 3 rings (SSSR count). The molecule has 148 valence electrons. The molecule has 0 atom stereocenters. The Balaban J connectivity index is 1.92. The van der Waals surface area contributed by atoms with Gasteiger partial charge in [-0.05, 0) is 18.1 Å². The summed E-state index contributed by atoms with van der Waals surface area (Å²) in [5, 5.41) is 10.5. The van der Waals surface area contributed by atoms with E-state index in [-0.39, 0.29) is 18.4 Å². The zero-order valence-corrected chi connectivity index (χ0v) is 16.0. The fourth-order valence-corrected chi connectivity index (χ4v) is 3.57. The number of nitrogens with one attached hydrogen (secondary N) is 2. The van der Waals surface area contributed by atoms with Crippen LogP contribution >= 0.6 is 11.3 Å². The fourth-order valence-electron chi connectivity index (χ4n) is 2.55. The molecule has 1 amide bonds. The van der Waals surface area contributed by atoms with Crippen LogP contribution in [0.2, 0.25) is 0 Å². The number of nitrogens with zero attached hydrogens (tertiary/aromatic N) is 4. The van der Waals surface area contributed by atoms with Gasteiger partial charge in [-0.15, -0.1) is 11.3 Å². The molecule has 0 aliphatic carbocycles. The van der Waals surface area contributed by atoms with Gasteiger partial charge in [-0.2, -0.15) is 5.10 Å². The normalized spacial score (nSPS) is 11.4. The Morgan fingerprint density at radius 2 is 2.00 bits per heavy atom. The summed E-state index contributed by atoms with van der Waals surface area (Å²) in [6, 6.07) is 3.26. The van der Waals surface area contributed by atoms with Crippen LogP contribution in [0, 0.1) is 0 Å². The van der Waals surface area contributed by atoms with E-state index in [9.17, 15) is 18.4 Å². The molecule has 0 unspecified atom stereocenters. The first kappa shape index (κ1) is 19.8. The number of halogens is 2. The Kier molecular flexibility index (Phi) is 5.93. The van der Waals surface area contributed by atoms with E-state index >= 15 is 0 Å². The number of hydrogen-bond acceptors (Lipinski definition) is 7. The van der Waals surface area contributed by atoms with Crippen molar-refractivity contribution in [3.63, 3.8) is 0 Å². The lowest BCUT2D eigenvalue weighted by atomic mass is 10.1. The SMILES string of the molecule is CC(C)c1nn(CC(=O)Nc2ncccn2)c(=O)c2sc(NCC(F)F)cc12. The van der Waals surface area contributed by atoms with Crippen molar-refractivity contribution in [2.24, 2.45) is 0 Å². The molecule has 8 nitrogen and oxygen atoms in total. The molecule has 0 fully saturated rings. The molecule has 28 heavy (non-hydrogen) atoms. The maximum Gasteiger partial charge on any atom is 0.285 e. The molecule has 11 heteroatoms. The molecule has 0 aliphatic rings. The van der Waals surface area contributed by atoms with Crippen LogP contribution in [0.25, 0.3) is 10.1 Å². The molecule has 3 aromatic heterocycles. The zero-order valence-electron chi connectivity index (χ0n) is 15.1. The van der Waals surface area contributed by atoms with Crippen LogP contribution < -0.4 is 16.2 Å². The Labute approximate surface area is 162 Å². The highest BCUT2D eigenvalue weighted by atomic mass is 32.1. The van der Waals surface area contributed by atoms with Gasteiger partial charge in [0, 0.05) is 17.8 Å². The van der Waals surface area contributed by atoms with Crippen molar-refractivity contribution in [3.05, 3.63) is 40.6 Å². The maximum absolute atomic E-state index is 12.8. The number of amides is 1. The summed E-state index contributed by atoms with van der Waals surface area (Å²) in [7, 11) is 0. The van der Waals surface area contributed by atoms with Gasteiger partial charge in [-0.25, -0.2) is 23.4 Å². The predicted molar refractivity (Wildman–Crippen MR) is 103 cm³/mol. The third-order valence-corrected chi connectivity index (χ3v) is 4.83. The van der Waals surface area contributed by atoms with Gasteiger partial charge in [0.05, 0.1) is 17.2 Å². The van der Waals surface area contributed by atoms with E-state index in [4.69, 9.17) is 0 Å². The quantitative estimate of drug-likeness (QED) is 0.623. The highest BCUT2D eigenvalue weighted by Crippen LogP contribution is 2.31. The lowest BCUT2D eigenvalue weighted by Gasteiger charge is -2.11. The first-order valence-corrected chi connectivity index (χ1v) is 9.30. The van der Waals surface area contributed by atoms with E-state index in [1.165, 1.54) is 12.4 Å². The minimum absolute atomic E-state index is 0.0348. The Bertz CT molecular complexity index is 1040. The van der Waals surface area contributed by atoms with Gasteiger partial charge in [0.2, 0.25) is 11.9 Å². The first-order valence-electron chi connectivity index (χ1n) is 8.48. The van der Waals surface area contributed by atoms with Crippen LogP contribution in [0.4, 0.5) is 19.7 Å². The van der Waals surface area contributed by atoms with Crippen LogP contribution in [0.15, 0.2) is 29.3 Å². The minimum Gasteiger partial charge on any atom is -0.371 e. The van der Waals surface area contributed by atoms with Gasteiger partial charge in [0.15, 0.2) is 0 Å². The molecule has 0 aromatic carbocycles. The molecule has 0 radical (unpaired) electrons. The smallest absolute Gasteiger partial charge is 0.285 e. The number of carbonyl (C=O) groups excluding carboxylic acids is 1. The van der Waals surface area contributed by atoms with Gasteiger partial charge >= 0.3 is 0 Å². The molecule has 0 saturated carbocycles. The molecule has 0 bridgehead atoms. The largest absolute Gasteiger partial charge is 0.371 e. The second-order valence-electron chi connectivity index (χ2n) is 6.25. The van der Waals surface area contributed by atoms with E-state index < -0.39 is 24.4 Å². The van der Waals surface area contributed by atoms with Crippen molar-refractivity contribution in [3.8, 4) is 0 Å². The minimum atomic E-state index is -2.51. The maximum atomic E-state index is 12.8. The average molecular weight is 408 g/mol. The van der Waals surface area contributed by atoms with Gasteiger partial charge in [0.25, 0.3) is 12.0 Å². The van der Waals surface area contributed by atoms with Crippen LogP contribution in [-0.4, -0.2) is 38.6 Å². The van der Waals surface area contributed by atoms with E-state index in [1.807, 2.05) is 13.8 Å². The average Bonchev–Trinajstić information content (AvgIpc) is 3.07. The lowest BCUT2D eigenvalue weighted by molar-refractivity contribution is -0.117. The van der Waals surface area contributed by atoms with Crippen molar-refractivity contribution in [2.45, 2.75) is 32.7 Å². The monoisotopic (exact) mass is 408 g/mol. The second-order valence-corrected chi connectivity index (χ2v) is 7.30. The van der Waals surface area contributed by atoms with Gasteiger partial charge in [0.1, 0.15) is 11.2 Å². The highest BCUT2D eigenvalue weighted by molar-refractivity contribution is 7.22. The van der Waals surface area contributed by atoms with Crippen LogP contribution in [0.1, 0.15) is 25.5 Å². The number of hydrogen-bond donors (Lipinski definition) is 2. The van der Waals surface area contributed by atoms with Crippen molar-refractivity contribution in [2.75, 3.05) is 17.2 Å². The number of aromatic nitrogens is 4. The zero-order chi connectivity index (χ0) is 20.3. The summed E-state index contributed by atoms with van der Waals surface area (Å²) >= 11 is 1.07. The molecule has 0 spiro atoms. The molecular formula is C17H18F2N6O2S. The summed E-state index contributed by atoms with van der Waals surface area (Å²) in [4.78, 5) is 32.8. The number of anilines is 2. The predicted octanol–water partition coefficient (Wildman–Crippen LogP) is 2.69. The Morgan fingerprint density at radius 1 is 1.29 bits per heavy atom. The summed E-state index contributed by atoms with van der Waals surface area (Å²) in [6.07, 6.45) is 0.457. The molecule has 3 aromatic rings. The Hall–Kier alpha value is -2.95. The molecule has 0 saturated heterocycles. The van der Waals surface area contributed by atoms with E-state index in [1.54, 1.807) is 12.1 Å². The van der Waals surface area contributed by atoms with Crippen molar-refractivity contribution in [1.82, 2.24) is 19.7 Å². The second kappa shape index (κ2) is 8.38. The van der Waals surface area contributed by atoms with Crippen LogP contribution in [0.5, 0.6) is 0 Å². The number of thiophene rings is 1. The third kappa shape index (κ3) is 4.47. The first-order chi connectivity index (χ1) is 13.3. The summed E-state index contributed by atoms with van der Waals surface area (Å²) in [5.74, 6) is -0.407. The number of fused-ring (bicyclic) bond motifs is 1.